The summed E-state index contributed by atoms with van der Waals surface area (Å²) in [6, 6.07) is 25.2. The molecule has 6 rings (SSSR count). The number of pyridine rings is 1. The highest BCUT2D eigenvalue weighted by Crippen LogP contribution is 2.43. The second-order valence-electron chi connectivity index (χ2n) is 11.3. The minimum Gasteiger partial charge on any atom is -0.454 e. The van der Waals surface area contributed by atoms with E-state index in [2.05, 4.69) is 67.0 Å². The second-order valence-corrected chi connectivity index (χ2v) is 16.6. The van der Waals surface area contributed by atoms with Crippen LogP contribution in [0.5, 0.6) is 0 Å². The summed E-state index contributed by atoms with van der Waals surface area (Å²) < 4.78 is 24.0. The molecule has 182 valence electrons. The largest absolute Gasteiger partial charge is 0.454 e. The molecule has 0 saturated carbocycles. The van der Waals surface area contributed by atoms with Crippen molar-refractivity contribution < 1.29 is 13.4 Å². The first-order valence-corrected chi connectivity index (χ1v) is 16.4. The molecule has 2 nitrogen and oxygen atoms in total. The Labute approximate surface area is 213 Å². The van der Waals surface area contributed by atoms with Gasteiger partial charge >= 0.3 is 0 Å². The summed E-state index contributed by atoms with van der Waals surface area (Å²) in [6.45, 7) is 7.12. The highest BCUT2D eigenvalue weighted by molar-refractivity contribution is 6.77. The lowest BCUT2D eigenvalue weighted by Crippen LogP contribution is -2.30. The molecule has 0 unspecified atom stereocenters. The predicted molar refractivity (Wildman–Crippen MR) is 150 cm³/mol. The van der Waals surface area contributed by atoms with Gasteiger partial charge in [0.05, 0.1) is 11.1 Å². The van der Waals surface area contributed by atoms with Crippen LogP contribution in [0.25, 0.3) is 44.3 Å². The van der Waals surface area contributed by atoms with Crippen LogP contribution >= 0.6 is 0 Å². The maximum absolute atomic E-state index is 15.4. The minimum atomic E-state index is -0.984. The van der Waals surface area contributed by atoms with Crippen molar-refractivity contribution in [3.05, 3.63) is 89.9 Å². The molecule has 2 aromatic heterocycles. The van der Waals surface area contributed by atoms with E-state index in [0.29, 0.717) is 17.1 Å². The van der Waals surface area contributed by atoms with Crippen LogP contribution in [0.1, 0.15) is 29.9 Å². The molecule has 1 fully saturated rings. The molecule has 0 aliphatic carbocycles. The van der Waals surface area contributed by atoms with E-state index >= 15 is 4.39 Å². The molecule has 5 aromatic rings. The van der Waals surface area contributed by atoms with Gasteiger partial charge in [-0.2, -0.15) is 0 Å². The van der Waals surface area contributed by atoms with Gasteiger partial charge in [0.2, 0.25) is 5.69 Å². The number of aryl methyl sites for hydroxylation is 2. The van der Waals surface area contributed by atoms with Crippen molar-refractivity contribution in [1.82, 2.24) is 0 Å². The first-order chi connectivity index (χ1) is 17.3. The number of aromatic nitrogens is 1. The molecule has 3 heterocycles. The Morgan fingerprint density at radius 1 is 0.833 bits per heavy atom. The lowest BCUT2D eigenvalue weighted by molar-refractivity contribution is -0.660. The number of nitrogens with zero attached hydrogens (tertiary/aromatic N) is 1. The van der Waals surface area contributed by atoms with Crippen molar-refractivity contribution >= 4 is 30.0 Å². The summed E-state index contributed by atoms with van der Waals surface area (Å²) >= 11 is 0. The van der Waals surface area contributed by atoms with Gasteiger partial charge in [-0.05, 0) is 60.6 Å². The molecular formula is C32H33FNOSi+. The van der Waals surface area contributed by atoms with E-state index in [4.69, 9.17) is 4.42 Å². The summed E-state index contributed by atoms with van der Waals surface area (Å²) in [6.07, 6.45) is 4.61. The molecule has 0 N–H and O–H groups in total. The maximum Gasteiger partial charge on any atom is 0.216 e. The summed E-state index contributed by atoms with van der Waals surface area (Å²) in [5.41, 5.74) is 7.49. The van der Waals surface area contributed by atoms with Crippen LogP contribution in [0, 0.1) is 12.7 Å². The highest BCUT2D eigenvalue weighted by atomic mass is 28.3. The molecular weight excluding hydrogens is 461 g/mol. The van der Waals surface area contributed by atoms with Gasteiger partial charge in [-0.3, -0.25) is 0 Å². The lowest BCUT2D eigenvalue weighted by Gasteiger charge is -2.33. The highest BCUT2D eigenvalue weighted by Gasteiger charge is 2.29. The van der Waals surface area contributed by atoms with E-state index in [1.807, 2.05) is 31.4 Å². The fourth-order valence-electron chi connectivity index (χ4n) is 6.00. The second kappa shape index (κ2) is 8.70. The molecule has 36 heavy (non-hydrogen) atoms. The van der Waals surface area contributed by atoms with Crippen molar-refractivity contribution in [2.24, 2.45) is 7.05 Å². The van der Waals surface area contributed by atoms with Gasteiger partial charge in [0.25, 0.3) is 0 Å². The molecule has 1 aliphatic heterocycles. The number of hydrogen-bond acceptors (Lipinski definition) is 1. The number of hydrogen-bond donors (Lipinski definition) is 0. The maximum atomic E-state index is 15.4. The van der Waals surface area contributed by atoms with Crippen LogP contribution in [-0.2, 0) is 7.05 Å². The smallest absolute Gasteiger partial charge is 0.216 e. The zero-order valence-electron chi connectivity index (χ0n) is 21.6. The third-order valence-electron chi connectivity index (χ3n) is 8.29. The summed E-state index contributed by atoms with van der Waals surface area (Å²) in [5, 5.41) is 1.96. The van der Waals surface area contributed by atoms with E-state index in [1.54, 1.807) is 6.07 Å². The van der Waals surface area contributed by atoms with Gasteiger partial charge in [0.15, 0.2) is 6.20 Å². The normalized spacial score (nSPS) is 16.1. The quantitative estimate of drug-likeness (QED) is 0.181. The third-order valence-corrected chi connectivity index (χ3v) is 11.6. The van der Waals surface area contributed by atoms with Crippen LogP contribution in [-0.4, -0.2) is 8.07 Å². The molecule has 0 atom stereocenters. The van der Waals surface area contributed by atoms with Gasteiger partial charge < -0.3 is 4.42 Å². The molecule has 1 aliphatic rings. The molecule has 0 bridgehead atoms. The van der Waals surface area contributed by atoms with E-state index < -0.39 is 8.07 Å². The van der Waals surface area contributed by atoms with Crippen LogP contribution in [0.3, 0.4) is 0 Å². The van der Waals surface area contributed by atoms with E-state index in [1.165, 1.54) is 30.5 Å². The number of rotatable bonds is 3. The minimum absolute atomic E-state index is 0.247. The first-order valence-electron chi connectivity index (χ1n) is 13.0. The average molecular weight is 495 g/mol. The Bertz CT molecular complexity index is 1590. The fourth-order valence-corrected chi connectivity index (χ4v) is 8.51. The van der Waals surface area contributed by atoms with Crippen LogP contribution in [0.2, 0.25) is 25.2 Å². The monoisotopic (exact) mass is 494 g/mol. The van der Waals surface area contributed by atoms with Crippen molar-refractivity contribution in [1.29, 1.82) is 0 Å². The number of fused-ring (bicyclic) bond motifs is 3. The topological polar surface area (TPSA) is 17.0 Å². The molecule has 0 radical (unpaired) electrons. The van der Waals surface area contributed by atoms with Gasteiger partial charge in [0, 0.05) is 31.0 Å². The fraction of sp³-hybridized carbons (Fsp3) is 0.281. The van der Waals surface area contributed by atoms with Crippen molar-refractivity contribution in [2.75, 3.05) is 0 Å². The standard InChI is InChI=1S/C32H33FNOSi/c1-21-8-13-25-26-14-15-27(33)30(32(26)35-31(25)29(21)28-7-5-6-18-34(28)2)24-11-9-22(10-12-24)23-16-19-36(3,4)20-17-23/h5-15,18,23H,16-17,19-20H2,1-4H3/q+1. The zero-order chi connectivity index (χ0) is 25.0. The van der Waals surface area contributed by atoms with Gasteiger partial charge in [0.1, 0.15) is 24.0 Å². The Kier molecular flexibility index (Phi) is 5.60. The van der Waals surface area contributed by atoms with E-state index in [0.717, 1.165) is 38.7 Å². The van der Waals surface area contributed by atoms with Crippen LogP contribution in [0.4, 0.5) is 4.39 Å². The summed E-state index contributed by atoms with van der Waals surface area (Å²) in [4.78, 5) is 0. The van der Waals surface area contributed by atoms with Crippen molar-refractivity contribution in [3.63, 3.8) is 0 Å². The van der Waals surface area contributed by atoms with E-state index in [-0.39, 0.29) is 5.82 Å². The SMILES string of the molecule is Cc1ccc2c(oc3c(-c4ccc(C5CC[Si](C)(C)CC5)cc4)c(F)ccc32)c1-c1cccc[n+]1C. The van der Waals surface area contributed by atoms with Crippen molar-refractivity contribution in [2.45, 2.75) is 50.9 Å². The van der Waals surface area contributed by atoms with E-state index in [9.17, 15) is 0 Å². The molecule has 3 aromatic carbocycles. The Morgan fingerprint density at radius 2 is 1.50 bits per heavy atom. The number of furan rings is 1. The van der Waals surface area contributed by atoms with Crippen LogP contribution < -0.4 is 4.57 Å². The summed E-state index contributed by atoms with van der Waals surface area (Å²) in [7, 11) is 1.06. The number of halogens is 1. The third kappa shape index (κ3) is 3.88. The molecule has 1 saturated heterocycles. The van der Waals surface area contributed by atoms with Gasteiger partial charge in [-0.25, -0.2) is 8.96 Å². The Morgan fingerprint density at radius 3 is 2.19 bits per heavy atom. The molecule has 0 amide bonds. The summed E-state index contributed by atoms with van der Waals surface area (Å²) in [5.74, 6) is 0.381. The van der Waals surface area contributed by atoms with Gasteiger partial charge in [-0.1, -0.05) is 61.6 Å². The number of benzene rings is 3. The van der Waals surface area contributed by atoms with Gasteiger partial charge in [-0.15, -0.1) is 0 Å². The average Bonchev–Trinajstić information content (AvgIpc) is 3.23. The first kappa shape index (κ1) is 23.2. The van der Waals surface area contributed by atoms with Crippen molar-refractivity contribution in [3.8, 4) is 22.4 Å². The predicted octanol–water partition coefficient (Wildman–Crippen LogP) is 8.78. The van der Waals surface area contributed by atoms with Crippen LogP contribution in [0.15, 0.2) is 77.3 Å². The molecule has 4 heteroatoms. The zero-order valence-corrected chi connectivity index (χ0v) is 22.6. The molecule has 0 spiro atoms. The lowest BCUT2D eigenvalue weighted by atomic mass is 9.91. The Balaban J connectivity index is 1.48. The Hall–Kier alpha value is -3.24.